The smallest absolute Gasteiger partial charge is 0.253 e. The molecule has 1 heterocycles. The van der Waals surface area contributed by atoms with Crippen molar-refractivity contribution >= 4 is 17.5 Å². The Morgan fingerprint density at radius 1 is 1.25 bits per heavy atom. The third kappa shape index (κ3) is 4.57. The Morgan fingerprint density at radius 2 is 1.88 bits per heavy atom. The van der Waals surface area contributed by atoms with Gasteiger partial charge in [-0.15, -0.1) is 0 Å². The highest BCUT2D eigenvalue weighted by molar-refractivity contribution is 5.98. The summed E-state index contributed by atoms with van der Waals surface area (Å²) in [5, 5.41) is 12.5. The van der Waals surface area contributed by atoms with Gasteiger partial charge < -0.3 is 15.3 Å². The third-order valence-electron chi connectivity index (χ3n) is 4.56. The Balaban J connectivity index is 2.03. The lowest BCUT2D eigenvalue weighted by molar-refractivity contribution is -0.123. The van der Waals surface area contributed by atoms with Crippen LogP contribution in [-0.4, -0.2) is 41.0 Å². The number of nitrogens with one attached hydrogen (secondary N) is 1. The van der Waals surface area contributed by atoms with E-state index in [2.05, 4.69) is 5.32 Å². The van der Waals surface area contributed by atoms with Gasteiger partial charge in [0.05, 0.1) is 6.10 Å². The van der Waals surface area contributed by atoms with Crippen LogP contribution in [0.3, 0.4) is 0 Å². The molecule has 0 saturated carbocycles. The fraction of sp³-hybridized carbons (Fsp3) is 0.579. The van der Waals surface area contributed by atoms with Crippen LogP contribution < -0.4 is 5.32 Å². The van der Waals surface area contributed by atoms with Crippen molar-refractivity contribution in [1.82, 2.24) is 4.90 Å². The molecule has 1 unspecified atom stereocenters. The van der Waals surface area contributed by atoms with E-state index in [0.717, 1.165) is 12.8 Å². The molecule has 2 N–H and O–H groups in total. The molecule has 1 aliphatic rings. The number of piperidine rings is 1. The van der Waals surface area contributed by atoms with Crippen molar-refractivity contribution < 1.29 is 14.7 Å². The molecule has 0 spiro atoms. The lowest BCUT2D eigenvalue weighted by Gasteiger charge is -2.33. The van der Waals surface area contributed by atoms with Gasteiger partial charge in [0.2, 0.25) is 5.91 Å². The second kappa shape index (κ2) is 7.34. The van der Waals surface area contributed by atoms with Gasteiger partial charge in [0.25, 0.3) is 5.91 Å². The quantitative estimate of drug-likeness (QED) is 0.894. The molecular weight excluding hydrogens is 304 g/mol. The van der Waals surface area contributed by atoms with E-state index in [0.29, 0.717) is 24.3 Å². The average molecular weight is 332 g/mol. The van der Waals surface area contributed by atoms with Gasteiger partial charge in [-0.1, -0.05) is 26.8 Å². The third-order valence-corrected chi connectivity index (χ3v) is 4.56. The van der Waals surface area contributed by atoms with Gasteiger partial charge in [-0.25, -0.2) is 0 Å². The van der Waals surface area contributed by atoms with E-state index in [4.69, 9.17) is 0 Å². The van der Waals surface area contributed by atoms with Crippen molar-refractivity contribution in [2.45, 2.75) is 46.6 Å². The van der Waals surface area contributed by atoms with E-state index in [1.165, 1.54) is 0 Å². The maximum absolute atomic E-state index is 12.7. The van der Waals surface area contributed by atoms with Crippen LogP contribution in [0, 0.1) is 11.3 Å². The van der Waals surface area contributed by atoms with Crippen LogP contribution in [0.4, 0.5) is 5.69 Å². The van der Waals surface area contributed by atoms with Crippen molar-refractivity contribution in [2.24, 2.45) is 11.3 Å². The van der Waals surface area contributed by atoms with Crippen molar-refractivity contribution in [3.8, 4) is 0 Å². The number of aliphatic hydroxyl groups is 1. The van der Waals surface area contributed by atoms with E-state index in [1.54, 1.807) is 24.3 Å². The van der Waals surface area contributed by atoms with Crippen LogP contribution in [0.25, 0.3) is 0 Å². The van der Waals surface area contributed by atoms with E-state index in [9.17, 15) is 14.7 Å². The van der Waals surface area contributed by atoms with E-state index < -0.39 is 5.41 Å². The summed E-state index contributed by atoms with van der Waals surface area (Å²) in [5.41, 5.74) is 0.736. The number of amides is 2. The first kappa shape index (κ1) is 18.5. The summed E-state index contributed by atoms with van der Waals surface area (Å²) < 4.78 is 0. The highest BCUT2D eigenvalue weighted by Crippen LogP contribution is 2.23. The molecule has 0 aliphatic carbocycles. The molecule has 0 aromatic heterocycles. The van der Waals surface area contributed by atoms with Gasteiger partial charge in [0.15, 0.2) is 0 Å². The summed E-state index contributed by atoms with van der Waals surface area (Å²) in [6.45, 7) is 8.68. The normalized spacial score (nSPS) is 17.5. The molecule has 24 heavy (non-hydrogen) atoms. The van der Waals surface area contributed by atoms with Crippen LogP contribution in [0.2, 0.25) is 0 Å². The highest BCUT2D eigenvalue weighted by atomic mass is 16.3. The van der Waals surface area contributed by atoms with Crippen molar-refractivity contribution in [2.75, 3.05) is 18.4 Å². The molecule has 1 aliphatic heterocycles. The highest BCUT2D eigenvalue weighted by Gasteiger charge is 2.26. The number of anilines is 1. The first-order valence-corrected chi connectivity index (χ1v) is 8.57. The first-order valence-electron chi connectivity index (χ1n) is 8.57. The van der Waals surface area contributed by atoms with Crippen molar-refractivity contribution in [3.63, 3.8) is 0 Å². The zero-order valence-electron chi connectivity index (χ0n) is 15.0. The molecule has 2 rings (SSSR count). The van der Waals surface area contributed by atoms with Crippen molar-refractivity contribution in [3.05, 3.63) is 29.8 Å². The molecule has 1 aromatic rings. The van der Waals surface area contributed by atoms with Crippen LogP contribution in [-0.2, 0) is 4.79 Å². The number of aliphatic hydroxyl groups excluding tert-OH is 1. The standard InChI is InChI=1S/C19H28N2O3/c1-13(22)14-8-10-21(11-9-14)17(23)15-6-5-7-16(12-15)20-18(24)19(2,3)4/h5-7,12-14,22H,8-11H2,1-4H3,(H,20,24). The fourth-order valence-corrected chi connectivity index (χ4v) is 2.82. The molecule has 2 amide bonds. The maximum Gasteiger partial charge on any atom is 0.253 e. The Labute approximate surface area is 144 Å². The minimum absolute atomic E-state index is 0.0223. The number of likely N-dealkylation sites (tertiary alicyclic amines) is 1. The molecule has 1 atom stereocenters. The maximum atomic E-state index is 12.7. The molecule has 1 aromatic carbocycles. The predicted molar refractivity (Wildman–Crippen MR) is 94.8 cm³/mol. The summed E-state index contributed by atoms with van der Waals surface area (Å²) in [5.74, 6) is 0.169. The SMILES string of the molecule is CC(O)C1CCN(C(=O)c2cccc(NC(=O)C(C)(C)C)c2)CC1. The van der Waals surface area contributed by atoms with Gasteiger partial charge in [0.1, 0.15) is 0 Å². The van der Waals surface area contributed by atoms with Crippen LogP contribution in [0.1, 0.15) is 50.9 Å². The molecule has 1 saturated heterocycles. The van der Waals surface area contributed by atoms with Gasteiger partial charge >= 0.3 is 0 Å². The number of carbonyl (C=O) groups excluding carboxylic acids is 2. The summed E-state index contributed by atoms with van der Waals surface area (Å²) in [6.07, 6.45) is 1.33. The zero-order valence-corrected chi connectivity index (χ0v) is 15.0. The van der Waals surface area contributed by atoms with Crippen LogP contribution in [0.5, 0.6) is 0 Å². The Bertz CT molecular complexity index is 597. The van der Waals surface area contributed by atoms with Gasteiger partial charge in [-0.2, -0.15) is 0 Å². The molecule has 132 valence electrons. The average Bonchev–Trinajstić information content (AvgIpc) is 2.53. The monoisotopic (exact) mass is 332 g/mol. The van der Waals surface area contributed by atoms with Crippen LogP contribution in [0.15, 0.2) is 24.3 Å². The molecular formula is C19H28N2O3. The van der Waals surface area contributed by atoms with E-state index in [1.807, 2.05) is 32.6 Å². The minimum Gasteiger partial charge on any atom is -0.393 e. The topological polar surface area (TPSA) is 69.6 Å². The first-order chi connectivity index (χ1) is 11.2. The van der Waals surface area contributed by atoms with Crippen molar-refractivity contribution in [1.29, 1.82) is 0 Å². The summed E-state index contributed by atoms with van der Waals surface area (Å²) >= 11 is 0. The number of rotatable bonds is 3. The molecule has 5 heteroatoms. The summed E-state index contributed by atoms with van der Waals surface area (Å²) in [7, 11) is 0. The molecule has 5 nitrogen and oxygen atoms in total. The number of nitrogens with zero attached hydrogens (tertiary/aromatic N) is 1. The Kier molecular flexibility index (Phi) is 5.65. The predicted octanol–water partition coefficient (Wildman–Crippen LogP) is 2.90. The summed E-state index contributed by atoms with van der Waals surface area (Å²) in [4.78, 5) is 26.6. The summed E-state index contributed by atoms with van der Waals surface area (Å²) in [6, 6.07) is 7.08. The Morgan fingerprint density at radius 3 is 2.42 bits per heavy atom. The largest absolute Gasteiger partial charge is 0.393 e. The zero-order chi connectivity index (χ0) is 17.9. The molecule has 1 fully saturated rings. The van der Waals surface area contributed by atoms with Crippen LogP contribution >= 0.6 is 0 Å². The second-order valence-corrected chi connectivity index (χ2v) is 7.66. The van der Waals surface area contributed by atoms with Gasteiger partial charge in [0, 0.05) is 29.8 Å². The number of hydrogen-bond acceptors (Lipinski definition) is 3. The Hall–Kier alpha value is -1.88. The number of carbonyl (C=O) groups is 2. The number of benzene rings is 1. The van der Waals surface area contributed by atoms with E-state index >= 15 is 0 Å². The molecule has 0 bridgehead atoms. The minimum atomic E-state index is -0.483. The van der Waals surface area contributed by atoms with E-state index in [-0.39, 0.29) is 23.8 Å². The second-order valence-electron chi connectivity index (χ2n) is 7.66. The van der Waals surface area contributed by atoms with Gasteiger partial charge in [-0.3, -0.25) is 9.59 Å². The van der Waals surface area contributed by atoms with Gasteiger partial charge in [-0.05, 0) is 43.9 Å². The lowest BCUT2D eigenvalue weighted by atomic mass is 9.92. The number of hydrogen-bond donors (Lipinski definition) is 2. The fourth-order valence-electron chi connectivity index (χ4n) is 2.82. The molecule has 0 radical (unpaired) electrons. The lowest BCUT2D eigenvalue weighted by Crippen LogP contribution is -2.40.